The molecular weight excluding hydrogens is 208 g/mol. The van der Waals surface area contributed by atoms with E-state index >= 15 is 0 Å². The number of nitrogens with zero attached hydrogens (tertiary/aromatic N) is 1. The Kier molecular flexibility index (Phi) is 6.55. The van der Waals surface area contributed by atoms with Crippen molar-refractivity contribution in [3.8, 4) is 0 Å². The fourth-order valence-corrected chi connectivity index (χ4v) is 2.18. The summed E-state index contributed by atoms with van der Waals surface area (Å²) in [6.07, 6.45) is 6.41. The van der Waals surface area contributed by atoms with Crippen molar-refractivity contribution in [3.63, 3.8) is 0 Å². The van der Waals surface area contributed by atoms with Crippen LogP contribution in [-0.2, 0) is 6.54 Å². The smallest absolute Gasteiger partial charge is 0.0897 e. The standard InChI is InChI=1S/C11H20N2OS/c1-10-13-9-11(15-10)8-12-6-4-2-3-5-7-14/h9,12,14H,2-8H2,1H3. The Morgan fingerprint density at radius 2 is 2.13 bits per heavy atom. The number of nitrogens with one attached hydrogen (secondary N) is 1. The van der Waals surface area contributed by atoms with E-state index in [0.717, 1.165) is 30.9 Å². The summed E-state index contributed by atoms with van der Waals surface area (Å²) < 4.78 is 0. The second-order valence-corrected chi connectivity index (χ2v) is 4.98. The van der Waals surface area contributed by atoms with Gasteiger partial charge in [-0.15, -0.1) is 11.3 Å². The van der Waals surface area contributed by atoms with Crippen molar-refractivity contribution >= 4 is 11.3 Å². The monoisotopic (exact) mass is 228 g/mol. The van der Waals surface area contributed by atoms with E-state index in [1.807, 2.05) is 13.1 Å². The van der Waals surface area contributed by atoms with Crippen LogP contribution in [0.1, 0.15) is 35.6 Å². The molecule has 0 bridgehead atoms. The Morgan fingerprint density at radius 1 is 1.33 bits per heavy atom. The van der Waals surface area contributed by atoms with Gasteiger partial charge >= 0.3 is 0 Å². The molecule has 1 aromatic rings. The molecule has 0 atom stereocenters. The maximum absolute atomic E-state index is 8.60. The predicted octanol–water partition coefficient (Wildman–Crippen LogP) is 2.09. The molecule has 1 heterocycles. The van der Waals surface area contributed by atoms with Gasteiger partial charge < -0.3 is 10.4 Å². The van der Waals surface area contributed by atoms with Gasteiger partial charge in [0.2, 0.25) is 0 Å². The van der Waals surface area contributed by atoms with Crippen LogP contribution in [0.15, 0.2) is 6.20 Å². The van der Waals surface area contributed by atoms with E-state index in [1.54, 1.807) is 11.3 Å². The van der Waals surface area contributed by atoms with Crippen LogP contribution in [-0.4, -0.2) is 23.2 Å². The third-order valence-electron chi connectivity index (χ3n) is 2.23. The van der Waals surface area contributed by atoms with Gasteiger partial charge in [-0.05, 0) is 26.3 Å². The van der Waals surface area contributed by atoms with Crippen molar-refractivity contribution in [1.82, 2.24) is 10.3 Å². The molecule has 0 saturated carbocycles. The largest absolute Gasteiger partial charge is 0.396 e. The molecule has 0 unspecified atom stereocenters. The molecule has 4 heteroatoms. The molecule has 0 spiro atoms. The first-order valence-electron chi connectivity index (χ1n) is 5.56. The lowest BCUT2D eigenvalue weighted by atomic mass is 10.2. The van der Waals surface area contributed by atoms with Gasteiger partial charge in [-0.25, -0.2) is 4.98 Å². The first-order valence-corrected chi connectivity index (χ1v) is 6.37. The summed E-state index contributed by atoms with van der Waals surface area (Å²) in [5.41, 5.74) is 0. The summed E-state index contributed by atoms with van der Waals surface area (Å²) >= 11 is 1.75. The number of rotatable bonds is 8. The van der Waals surface area contributed by atoms with E-state index < -0.39 is 0 Å². The number of hydrogen-bond acceptors (Lipinski definition) is 4. The van der Waals surface area contributed by atoms with Gasteiger partial charge in [-0.3, -0.25) is 0 Å². The average molecular weight is 228 g/mol. The molecule has 0 radical (unpaired) electrons. The molecule has 0 aromatic carbocycles. The van der Waals surface area contributed by atoms with Crippen molar-refractivity contribution in [2.24, 2.45) is 0 Å². The normalized spacial score (nSPS) is 10.8. The van der Waals surface area contributed by atoms with Crippen molar-refractivity contribution in [3.05, 3.63) is 16.1 Å². The maximum atomic E-state index is 8.60. The Hall–Kier alpha value is -0.450. The van der Waals surface area contributed by atoms with E-state index in [0.29, 0.717) is 6.61 Å². The Morgan fingerprint density at radius 3 is 2.80 bits per heavy atom. The Bertz CT molecular complexity index is 263. The van der Waals surface area contributed by atoms with Gasteiger partial charge in [0, 0.05) is 24.2 Å². The minimum Gasteiger partial charge on any atom is -0.396 e. The van der Waals surface area contributed by atoms with Crippen LogP contribution in [0.3, 0.4) is 0 Å². The van der Waals surface area contributed by atoms with Gasteiger partial charge in [0.15, 0.2) is 0 Å². The van der Waals surface area contributed by atoms with Crippen molar-refractivity contribution in [2.75, 3.05) is 13.2 Å². The SMILES string of the molecule is Cc1ncc(CNCCCCCCO)s1. The highest BCUT2D eigenvalue weighted by Gasteiger charge is 1.96. The minimum atomic E-state index is 0.327. The molecule has 1 rings (SSSR count). The minimum absolute atomic E-state index is 0.327. The number of aliphatic hydroxyl groups is 1. The highest BCUT2D eigenvalue weighted by atomic mass is 32.1. The number of unbranched alkanes of at least 4 members (excludes halogenated alkanes) is 3. The van der Waals surface area contributed by atoms with Crippen molar-refractivity contribution in [1.29, 1.82) is 0 Å². The summed E-state index contributed by atoms with van der Waals surface area (Å²) in [5.74, 6) is 0. The first kappa shape index (κ1) is 12.6. The number of aliphatic hydroxyl groups excluding tert-OH is 1. The van der Waals surface area contributed by atoms with Gasteiger partial charge in [0.05, 0.1) is 5.01 Å². The lowest BCUT2D eigenvalue weighted by molar-refractivity contribution is 0.282. The zero-order chi connectivity index (χ0) is 10.9. The number of thiazole rings is 1. The quantitative estimate of drug-likeness (QED) is 0.670. The second-order valence-electron chi connectivity index (χ2n) is 3.66. The van der Waals surface area contributed by atoms with E-state index in [4.69, 9.17) is 5.11 Å². The summed E-state index contributed by atoms with van der Waals surface area (Å²) in [7, 11) is 0. The summed E-state index contributed by atoms with van der Waals surface area (Å²) in [6.45, 7) is 4.35. The second kappa shape index (κ2) is 7.79. The maximum Gasteiger partial charge on any atom is 0.0897 e. The van der Waals surface area contributed by atoms with Crippen LogP contribution in [0.25, 0.3) is 0 Å². The molecule has 15 heavy (non-hydrogen) atoms. The molecular formula is C11H20N2OS. The highest BCUT2D eigenvalue weighted by Crippen LogP contribution is 2.10. The van der Waals surface area contributed by atoms with Crippen LogP contribution < -0.4 is 5.32 Å². The molecule has 3 nitrogen and oxygen atoms in total. The topological polar surface area (TPSA) is 45.2 Å². The Labute approximate surface area is 95.6 Å². The molecule has 0 amide bonds. The van der Waals surface area contributed by atoms with Crippen molar-refractivity contribution < 1.29 is 5.11 Å². The lowest BCUT2D eigenvalue weighted by Crippen LogP contribution is -2.13. The fraction of sp³-hybridized carbons (Fsp3) is 0.727. The van der Waals surface area contributed by atoms with Gasteiger partial charge in [-0.2, -0.15) is 0 Å². The van der Waals surface area contributed by atoms with Crippen LogP contribution in [0.2, 0.25) is 0 Å². The predicted molar refractivity (Wildman–Crippen MR) is 64.1 cm³/mol. The number of hydrogen-bond donors (Lipinski definition) is 2. The van der Waals surface area contributed by atoms with Crippen LogP contribution in [0, 0.1) is 6.92 Å². The zero-order valence-electron chi connectivity index (χ0n) is 9.33. The van der Waals surface area contributed by atoms with Crippen LogP contribution >= 0.6 is 11.3 Å². The molecule has 86 valence electrons. The number of aryl methyl sites for hydroxylation is 1. The van der Waals surface area contributed by atoms with Crippen molar-refractivity contribution in [2.45, 2.75) is 39.2 Å². The molecule has 0 saturated heterocycles. The fourth-order valence-electron chi connectivity index (χ4n) is 1.41. The third kappa shape index (κ3) is 5.87. The molecule has 0 fully saturated rings. The average Bonchev–Trinajstić information content (AvgIpc) is 2.63. The molecule has 0 aliphatic heterocycles. The van der Waals surface area contributed by atoms with E-state index in [9.17, 15) is 0 Å². The van der Waals surface area contributed by atoms with Crippen LogP contribution in [0.4, 0.5) is 0 Å². The summed E-state index contributed by atoms with van der Waals surface area (Å²) in [5, 5.41) is 13.1. The molecule has 1 aromatic heterocycles. The van der Waals surface area contributed by atoms with E-state index in [-0.39, 0.29) is 0 Å². The molecule has 0 aliphatic rings. The van der Waals surface area contributed by atoms with Crippen LogP contribution in [0.5, 0.6) is 0 Å². The lowest BCUT2D eigenvalue weighted by Gasteiger charge is -2.02. The van der Waals surface area contributed by atoms with E-state index in [2.05, 4.69) is 10.3 Å². The third-order valence-corrected chi connectivity index (χ3v) is 3.14. The van der Waals surface area contributed by atoms with Gasteiger partial charge in [-0.1, -0.05) is 12.8 Å². The van der Waals surface area contributed by atoms with Gasteiger partial charge in [0.25, 0.3) is 0 Å². The summed E-state index contributed by atoms with van der Waals surface area (Å²) in [6, 6.07) is 0. The molecule has 0 aliphatic carbocycles. The van der Waals surface area contributed by atoms with Gasteiger partial charge in [0.1, 0.15) is 0 Å². The first-order chi connectivity index (χ1) is 7.33. The Balaban J connectivity index is 1.93. The van der Waals surface area contributed by atoms with E-state index in [1.165, 1.54) is 17.7 Å². The number of aromatic nitrogens is 1. The molecule has 2 N–H and O–H groups in total. The highest BCUT2D eigenvalue weighted by molar-refractivity contribution is 7.11. The zero-order valence-corrected chi connectivity index (χ0v) is 10.1. The summed E-state index contributed by atoms with van der Waals surface area (Å²) in [4.78, 5) is 5.51.